The number of rotatable bonds is 7. The molecule has 0 bridgehead atoms. The van der Waals surface area contributed by atoms with E-state index in [1.54, 1.807) is 21.4 Å². The predicted octanol–water partition coefficient (Wildman–Crippen LogP) is 1.67. The Kier molecular flexibility index (Phi) is 6.62. The first-order chi connectivity index (χ1) is 13.2. The molecule has 0 atom stereocenters. The van der Waals surface area contributed by atoms with E-state index in [9.17, 15) is 9.18 Å². The molecule has 1 aliphatic heterocycles. The monoisotopic (exact) mass is 374 g/mol. The summed E-state index contributed by atoms with van der Waals surface area (Å²) >= 11 is 0. The predicted molar refractivity (Wildman–Crippen MR) is 103 cm³/mol. The van der Waals surface area contributed by atoms with Crippen LogP contribution < -0.4 is 16.3 Å². The van der Waals surface area contributed by atoms with Crippen LogP contribution in [0.25, 0.3) is 0 Å². The number of hydrogen-bond donors (Lipinski definition) is 2. The van der Waals surface area contributed by atoms with Gasteiger partial charge in [0.1, 0.15) is 11.6 Å². The van der Waals surface area contributed by atoms with Crippen molar-refractivity contribution < 1.29 is 4.39 Å². The molecule has 0 amide bonds. The Hall–Kier alpha value is -2.64. The highest BCUT2D eigenvalue weighted by Gasteiger charge is 2.16. The molecule has 0 aliphatic carbocycles. The molecule has 2 N–H and O–H groups in total. The van der Waals surface area contributed by atoms with Crippen LogP contribution in [0.2, 0.25) is 0 Å². The number of nitrogens with one attached hydrogen (secondary N) is 2. The van der Waals surface area contributed by atoms with Crippen molar-refractivity contribution in [3.05, 3.63) is 52.0 Å². The molecule has 27 heavy (non-hydrogen) atoms. The molecule has 3 rings (SSSR count). The Labute approximate surface area is 158 Å². The molecule has 2 aromatic rings. The SMILES string of the molecule is CCNC(=NCc1ccc(F)cc1)NCCCn1nc2n(c1=O)CCCC2. The van der Waals surface area contributed by atoms with Crippen molar-refractivity contribution in [1.29, 1.82) is 0 Å². The average molecular weight is 374 g/mol. The maximum atomic E-state index is 13.0. The second-order valence-corrected chi connectivity index (χ2v) is 6.63. The van der Waals surface area contributed by atoms with E-state index in [1.165, 1.54) is 12.1 Å². The van der Waals surface area contributed by atoms with E-state index in [-0.39, 0.29) is 11.5 Å². The molecule has 2 heterocycles. The van der Waals surface area contributed by atoms with Gasteiger partial charge in [-0.15, -0.1) is 0 Å². The van der Waals surface area contributed by atoms with Gasteiger partial charge in [0, 0.05) is 32.6 Å². The number of nitrogens with zero attached hydrogens (tertiary/aromatic N) is 4. The van der Waals surface area contributed by atoms with Crippen molar-refractivity contribution in [2.75, 3.05) is 13.1 Å². The van der Waals surface area contributed by atoms with E-state index in [2.05, 4.69) is 20.7 Å². The van der Waals surface area contributed by atoms with Gasteiger partial charge < -0.3 is 10.6 Å². The third-order valence-electron chi connectivity index (χ3n) is 4.55. The lowest BCUT2D eigenvalue weighted by molar-refractivity contribution is 0.509. The largest absolute Gasteiger partial charge is 0.357 e. The fraction of sp³-hybridized carbons (Fsp3) is 0.526. The third kappa shape index (κ3) is 5.18. The summed E-state index contributed by atoms with van der Waals surface area (Å²) in [5.74, 6) is 1.37. The van der Waals surface area contributed by atoms with E-state index in [0.717, 1.165) is 50.2 Å². The molecular formula is C19H27FN6O. The summed E-state index contributed by atoms with van der Waals surface area (Å²) in [6.07, 6.45) is 3.82. The Morgan fingerprint density at radius 1 is 1.26 bits per heavy atom. The van der Waals surface area contributed by atoms with Gasteiger partial charge in [-0.25, -0.2) is 18.9 Å². The summed E-state index contributed by atoms with van der Waals surface area (Å²) in [5.41, 5.74) is 0.949. The first-order valence-electron chi connectivity index (χ1n) is 9.60. The van der Waals surface area contributed by atoms with Crippen molar-refractivity contribution in [3.8, 4) is 0 Å². The maximum absolute atomic E-state index is 13.0. The third-order valence-corrected chi connectivity index (χ3v) is 4.55. The molecule has 0 saturated carbocycles. The van der Waals surface area contributed by atoms with Gasteiger partial charge >= 0.3 is 5.69 Å². The highest BCUT2D eigenvalue weighted by Crippen LogP contribution is 2.09. The summed E-state index contributed by atoms with van der Waals surface area (Å²) in [6.45, 7) is 5.29. The van der Waals surface area contributed by atoms with Crippen molar-refractivity contribution in [2.24, 2.45) is 4.99 Å². The second-order valence-electron chi connectivity index (χ2n) is 6.63. The van der Waals surface area contributed by atoms with Gasteiger partial charge in [-0.3, -0.25) is 4.57 Å². The summed E-state index contributed by atoms with van der Waals surface area (Å²) in [7, 11) is 0. The summed E-state index contributed by atoms with van der Waals surface area (Å²) < 4.78 is 16.3. The first-order valence-corrected chi connectivity index (χ1v) is 9.60. The summed E-state index contributed by atoms with van der Waals surface area (Å²) in [6, 6.07) is 6.34. The molecule has 0 saturated heterocycles. The molecule has 0 spiro atoms. The number of aryl methyl sites for hydroxylation is 2. The van der Waals surface area contributed by atoms with E-state index in [1.807, 2.05) is 6.92 Å². The van der Waals surface area contributed by atoms with E-state index in [4.69, 9.17) is 0 Å². The van der Waals surface area contributed by atoms with Crippen molar-refractivity contribution in [2.45, 2.75) is 52.2 Å². The van der Waals surface area contributed by atoms with Gasteiger partial charge in [0.25, 0.3) is 0 Å². The number of halogens is 1. The number of fused-ring (bicyclic) bond motifs is 1. The lowest BCUT2D eigenvalue weighted by Gasteiger charge is -2.11. The van der Waals surface area contributed by atoms with Crippen LogP contribution in [0, 0.1) is 5.82 Å². The zero-order valence-corrected chi connectivity index (χ0v) is 15.7. The molecular weight excluding hydrogens is 347 g/mol. The molecule has 0 radical (unpaired) electrons. The number of guanidine groups is 1. The molecule has 146 valence electrons. The van der Waals surface area contributed by atoms with Crippen LogP contribution in [0.1, 0.15) is 37.6 Å². The minimum atomic E-state index is -0.246. The average Bonchev–Trinajstić information content (AvgIpc) is 3.00. The van der Waals surface area contributed by atoms with Crippen LogP contribution >= 0.6 is 0 Å². The molecule has 1 aromatic carbocycles. The van der Waals surface area contributed by atoms with Crippen LogP contribution in [0.15, 0.2) is 34.1 Å². The molecule has 1 aromatic heterocycles. The number of aliphatic imine (C=N–C) groups is 1. The minimum absolute atomic E-state index is 0.00147. The molecule has 8 heteroatoms. The summed E-state index contributed by atoms with van der Waals surface area (Å²) in [4.78, 5) is 16.8. The fourth-order valence-electron chi connectivity index (χ4n) is 3.13. The summed E-state index contributed by atoms with van der Waals surface area (Å²) in [5, 5.41) is 10.9. The van der Waals surface area contributed by atoms with Gasteiger partial charge in [-0.05, 0) is 43.9 Å². The van der Waals surface area contributed by atoms with E-state index < -0.39 is 0 Å². The Morgan fingerprint density at radius 2 is 2.07 bits per heavy atom. The Balaban J connectivity index is 1.49. The van der Waals surface area contributed by atoms with Crippen LogP contribution in [0.5, 0.6) is 0 Å². The van der Waals surface area contributed by atoms with Crippen LogP contribution in [0.4, 0.5) is 4.39 Å². The highest BCUT2D eigenvalue weighted by molar-refractivity contribution is 5.79. The van der Waals surface area contributed by atoms with Crippen molar-refractivity contribution in [3.63, 3.8) is 0 Å². The maximum Gasteiger partial charge on any atom is 0.345 e. The second kappa shape index (κ2) is 9.34. The molecule has 0 unspecified atom stereocenters. The van der Waals surface area contributed by atoms with Crippen LogP contribution in [-0.2, 0) is 26.1 Å². The number of aromatic nitrogens is 3. The van der Waals surface area contributed by atoms with Crippen LogP contribution in [0.3, 0.4) is 0 Å². The van der Waals surface area contributed by atoms with Crippen LogP contribution in [-0.4, -0.2) is 33.4 Å². The lowest BCUT2D eigenvalue weighted by Crippen LogP contribution is -2.38. The lowest BCUT2D eigenvalue weighted by atomic mass is 10.2. The van der Waals surface area contributed by atoms with Gasteiger partial charge in [0.15, 0.2) is 5.96 Å². The standard InChI is InChI=1S/C19H27FN6O/c1-2-21-18(23-14-15-7-9-16(20)10-8-15)22-11-5-13-26-19(27)25-12-4-3-6-17(25)24-26/h7-10H,2-6,11-14H2,1H3,(H2,21,22,23). The molecule has 0 fully saturated rings. The van der Waals surface area contributed by atoms with Gasteiger partial charge in [0.05, 0.1) is 6.54 Å². The Bertz CT molecular complexity index is 824. The zero-order chi connectivity index (χ0) is 19.1. The number of hydrogen-bond acceptors (Lipinski definition) is 3. The van der Waals surface area contributed by atoms with Gasteiger partial charge in [-0.1, -0.05) is 12.1 Å². The zero-order valence-electron chi connectivity index (χ0n) is 15.7. The first kappa shape index (κ1) is 19.1. The fourth-order valence-corrected chi connectivity index (χ4v) is 3.13. The van der Waals surface area contributed by atoms with E-state index >= 15 is 0 Å². The van der Waals surface area contributed by atoms with E-state index in [0.29, 0.717) is 25.6 Å². The topological polar surface area (TPSA) is 76.2 Å². The van der Waals surface area contributed by atoms with Gasteiger partial charge in [0.2, 0.25) is 0 Å². The molecule has 7 nitrogen and oxygen atoms in total. The van der Waals surface area contributed by atoms with Gasteiger partial charge in [-0.2, -0.15) is 5.10 Å². The quantitative estimate of drug-likeness (QED) is 0.439. The number of benzene rings is 1. The normalized spacial score (nSPS) is 14.1. The molecule has 1 aliphatic rings. The Morgan fingerprint density at radius 3 is 2.81 bits per heavy atom. The minimum Gasteiger partial charge on any atom is -0.357 e. The van der Waals surface area contributed by atoms with Crippen molar-refractivity contribution >= 4 is 5.96 Å². The highest BCUT2D eigenvalue weighted by atomic mass is 19.1. The van der Waals surface area contributed by atoms with Crippen molar-refractivity contribution in [1.82, 2.24) is 25.0 Å². The smallest absolute Gasteiger partial charge is 0.345 e.